The van der Waals surface area contributed by atoms with E-state index in [4.69, 9.17) is 4.74 Å². The van der Waals surface area contributed by atoms with Crippen molar-refractivity contribution in [1.82, 2.24) is 9.78 Å². The molecule has 5 heteroatoms. The number of para-hydroxylation sites is 2. The van der Waals surface area contributed by atoms with Crippen molar-refractivity contribution in [2.45, 2.75) is 26.7 Å². The minimum absolute atomic E-state index is 0.483. The summed E-state index contributed by atoms with van der Waals surface area (Å²) in [5, 5.41) is 7.17. The predicted molar refractivity (Wildman–Crippen MR) is 98.4 cm³/mol. The smallest absolute Gasteiger partial charge is 0.406 e. The Kier molecular flexibility index (Phi) is 5.14. The van der Waals surface area contributed by atoms with E-state index in [1.807, 2.05) is 66.2 Å². The predicted octanol–water partition coefficient (Wildman–Crippen LogP) is 4.74. The van der Waals surface area contributed by atoms with E-state index in [-0.39, 0.29) is 0 Å². The fraction of sp³-hybridized carbons (Fsp3) is 0.200. The molecule has 0 saturated carbocycles. The number of aryl methyl sites for hydroxylation is 1. The van der Waals surface area contributed by atoms with Crippen LogP contribution in [0.15, 0.2) is 60.8 Å². The van der Waals surface area contributed by atoms with Gasteiger partial charge in [0.05, 0.1) is 17.6 Å². The largest absolute Gasteiger partial charge is 0.417 e. The number of carbonyl (C=O) groups is 1. The molecule has 1 amide bonds. The lowest BCUT2D eigenvalue weighted by molar-refractivity contribution is 0.214. The van der Waals surface area contributed by atoms with E-state index in [0.29, 0.717) is 5.75 Å². The maximum atomic E-state index is 12.3. The molecule has 5 nitrogen and oxygen atoms in total. The molecule has 0 atom stereocenters. The number of anilines is 1. The summed E-state index contributed by atoms with van der Waals surface area (Å²) in [6.07, 6.45) is 2.77. The number of carbonyl (C=O) groups excluding carboxylic acids is 1. The molecule has 0 aliphatic carbocycles. The van der Waals surface area contributed by atoms with Gasteiger partial charge in [0.1, 0.15) is 0 Å². The molecule has 0 saturated heterocycles. The Bertz CT molecular complexity index is 856. The normalized spacial score (nSPS) is 10.5. The van der Waals surface area contributed by atoms with Crippen molar-refractivity contribution in [1.29, 1.82) is 0 Å². The molecule has 128 valence electrons. The van der Waals surface area contributed by atoms with Crippen molar-refractivity contribution >= 4 is 11.8 Å². The van der Waals surface area contributed by atoms with E-state index in [2.05, 4.69) is 17.3 Å². The summed E-state index contributed by atoms with van der Waals surface area (Å²) >= 11 is 0. The zero-order valence-electron chi connectivity index (χ0n) is 14.4. The van der Waals surface area contributed by atoms with Gasteiger partial charge in [-0.1, -0.05) is 49.7 Å². The third-order valence-electron chi connectivity index (χ3n) is 3.90. The van der Waals surface area contributed by atoms with Crippen molar-refractivity contribution in [3.63, 3.8) is 0 Å². The molecule has 0 fully saturated rings. The van der Waals surface area contributed by atoms with Gasteiger partial charge in [0.2, 0.25) is 0 Å². The Hall–Kier alpha value is -3.08. The quantitative estimate of drug-likeness (QED) is 0.732. The second kappa shape index (κ2) is 7.66. The number of nitrogens with zero attached hydrogens (tertiary/aromatic N) is 2. The monoisotopic (exact) mass is 335 g/mol. The number of hydrogen-bond donors (Lipinski definition) is 1. The molecular weight excluding hydrogens is 314 g/mol. The molecule has 0 aliphatic rings. The van der Waals surface area contributed by atoms with Crippen LogP contribution in [-0.4, -0.2) is 15.9 Å². The fourth-order valence-electron chi connectivity index (χ4n) is 2.65. The maximum Gasteiger partial charge on any atom is 0.417 e. The van der Waals surface area contributed by atoms with Crippen LogP contribution in [0.25, 0.3) is 5.69 Å². The van der Waals surface area contributed by atoms with Gasteiger partial charge in [0.15, 0.2) is 5.75 Å². The molecule has 0 aliphatic heterocycles. The van der Waals surface area contributed by atoms with Crippen LogP contribution in [0, 0.1) is 6.92 Å². The van der Waals surface area contributed by atoms with Crippen molar-refractivity contribution in [3.05, 3.63) is 72.1 Å². The summed E-state index contributed by atoms with van der Waals surface area (Å²) in [7, 11) is 0. The number of hydrogen-bond acceptors (Lipinski definition) is 3. The zero-order valence-corrected chi connectivity index (χ0v) is 14.4. The summed E-state index contributed by atoms with van der Waals surface area (Å²) in [5.74, 6) is 0.483. The lowest BCUT2D eigenvalue weighted by atomic mass is 10.2. The van der Waals surface area contributed by atoms with E-state index >= 15 is 0 Å². The first-order chi connectivity index (χ1) is 12.2. The first-order valence-corrected chi connectivity index (χ1v) is 8.36. The Balaban J connectivity index is 1.81. The van der Waals surface area contributed by atoms with Gasteiger partial charge in [-0.3, -0.25) is 5.32 Å². The number of aromatic nitrogens is 2. The van der Waals surface area contributed by atoms with Crippen LogP contribution in [0.4, 0.5) is 10.5 Å². The minimum atomic E-state index is -0.515. The van der Waals surface area contributed by atoms with Crippen LogP contribution in [-0.2, 0) is 6.42 Å². The second-order valence-electron chi connectivity index (χ2n) is 5.78. The van der Waals surface area contributed by atoms with E-state index < -0.39 is 6.09 Å². The van der Waals surface area contributed by atoms with Crippen molar-refractivity contribution in [2.24, 2.45) is 0 Å². The Morgan fingerprint density at radius 2 is 1.84 bits per heavy atom. The summed E-state index contributed by atoms with van der Waals surface area (Å²) in [5.41, 5.74) is 3.54. The molecule has 3 aromatic rings. The summed E-state index contributed by atoms with van der Waals surface area (Å²) in [6.45, 7) is 4.02. The molecule has 1 heterocycles. The number of amides is 1. The number of rotatable bonds is 5. The van der Waals surface area contributed by atoms with E-state index in [9.17, 15) is 4.79 Å². The maximum absolute atomic E-state index is 12.3. The molecule has 0 radical (unpaired) electrons. The van der Waals surface area contributed by atoms with Gasteiger partial charge in [-0.2, -0.15) is 5.10 Å². The highest BCUT2D eigenvalue weighted by atomic mass is 16.6. The fourth-order valence-corrected chi connectivity index (χ4v) is 2.65. The highest BCUT2D eigenvalue weighted by Crippen LogP contribution is 2.24. The Morgan fingerprint density at radius 3 is 2.56 bits per heavy atom. The average molecular weight is 335 g/mol. The van der Waals surface area contributed by atoms with Crippen molar-refractivity contribution in [2.75, 3.05) is 5.32 Å². The SMILES string of the molecule is CCCc1c(OC(=O)Nc2ccccc2C)cnn1-c1ccccc1. The van der Waals surface area contributed by atoms with Gasteiger partial charge in [0.25, 0.3) is 0 Å². The Morgan fingerprint density at radius 1 is 1.12 bits per heavy atom. The zero-order chi connectivity index (χ0) is 17.6. The number of ether oxygens (including phenoxy) is 1. The number of benzene rings is 2. The third kappa shape index (κ3) is 3.88. The highest BCUT2D eigenvalue weighted by Gasteiger charge is 2.16. The van der Waals surface area contributed by atoms with Gasteiger partial charge < -0.3 is 4.74 Å². The molecule has 0 bridgehead atoms. The highest BCUT2D eigenvalue weighted by molar-refractivity contribution is 5.87. The van der Waals surface area contributed by atoms with Crippen molar-refractivity contribution < 1.29 is 9.53 Å². The van der Waals surface area contributed by atoms with Gasteiger partial charge in [-0.15, -0.1) is 0 Å². The van der Waals surface area contributed by atoms with Gasteiger partial charge in [-0.05, 0) is 37.1 Å². The Labute approximate surface area is 147 Å². The molecule has 1 N–H and O–H groups in total. The first-order valence-electron chi connectivity index (χ1n) is 8.36. The lowest BCUT2D eigenvalue weighted by Gasteiger charge is -2.10. The van der Waals surface area contributed by atoms with Crippen molar-refractivity contribution in [3.8, 4) is 11.4 Å². The first kappa shape index (κ1) is 16.8. The minimum Gasteiger partial charge on any atom is -0.406 e. The molecule has 2 aromatic carbocycles. The molecular formula is C20H21N3O2. The van der Waals surface area contributed by atoms with Crippen LogP contribution in [0.2, 0.25) is 0 Å². The van der Waals surface area contributed by atoms with Crippen LogP contribution in [0.1, 0.15) is 24.6 Å². The van der Waals surface area contributed by atoms with Gasteiger partial charge in [0, 0.05) is 5.69 Å². The topological polar surface area (TPSA) is 56.1 Å². The van der Waals surface area contributed by atoms with E-state index in [0.717, 1.165) is 35.5 Å². The molecule has 25 heavy (non-hydrogen) atoms. The van der Waals surface area contributed by atoms with Crippen LogP contribution in [0.5, 0.6) is 5.75 Å². The molecule has 3 rings (SSSR count). The number of nitrogens with one attached hydrogen (secondary N) is 1. The molecule has 0 spiro atoms. The third-order valence-corrected chi connectivity index (χ3v) is 3.90. The van der Waals surface area contributed by atoms with Gasteiger partial charge in [-0.25, -0.2) is 9.48 Å². The van der Waals surface area contributed by atoms with Gasteiger partial charge >= 0.3 is 6.09 Å². The van der Waals surface area contributed by atoms with Crippen LogP contribution in [0.3, 0.4) is 0 Å². The van der Waals surface area contributed by atoms with Crippen LogP contribution >= 0.6 is 0 Å². The summed E-state index contributed by atoms with van der Waals surface area (Å²) < 4.78 is 7.35. The summed E-state index contributed by atoms with van der Waals surface area (Å²) in [6, 6.07) is 17.4. The molecule has 0 unspecified atom stereocenters. The average Bonchev–Trinajstić information content (AvgIpc) is 3.00. The van der Waals surface area contributed by atoms with Crippen LogP contribution < -0.4 is 10.1 Å². The standard InChI is InChI=1S/C20H21N3O2/c1-3-9-18-19(14-21-23(18)16-11-5-4-6-12-16)25-20(24)22-17-13-8-7-10-15(17)2/h4-8,10-14H,3,9H2,1-2H3,(H,22,24). The van der Waals surface area contributed by atoms with E-state index in [1.54, 1.807) is 6.20 Å². The molecule has 1 aromatic heterocycles. The lowest BCUT2D eigenvalue weighted by Crippen LogP contribution is -2.18. The summed E-state index contributed by atoms with van der Waals surface area (Å²) in [4.78, 5) is 12.3. The second-order valence-corrected chi connectivity index (χ2v) is 5.78. The van der Waals surface area contributed by atoms with E-state index in [1.165, 1.54) is 0 Å².